The molecule has 2 amide bonds. The number of nitrogens with zero attached hydrogens (tertiary/aromatic N) is 1. The van der Waals surface area contributed by atoms with Gasteiger partial charge in [0.1, 0.15) is 0 Å². The molecule has 0 unspecified atom stereocenters. The van der Waals surface area contributed by atoms with Gasteiger partial charge >= 0.3 is 0 Å². The van der Waals surface area contributed by atoms with Gasteiger partial charge in [-0.3, -0.25) is 9.59 Å². The lowest BCUT2D eigenvalue weighted by molar-refractivity contribution is -0.127. The van der Waals surface area contributed by atoms with E-state index in [4.69, 9.17) is 4.74 Å². The normalized spacial score (nSPS) is 30.2. The number of nitrogens with one attached hydrogen (secondary N) is 2. The molecular formula is C20H29N3O3S. The van der Waals surface area contributed by atoms with Gasteiger partial charge < -0.3 is 19.9 Å². The number of amides is 2. The van der Waals surface area contributed by atoms with Gasteiger partial charge in [0.15, 0.2) is 0 Å². The molecule has 148 valence electrons. The molecule has 2 heterocycles. The maximum atomic E-state index is 12.6. The van der Waals surface area contributed by atoms with Gasteiger partial charge in [0, 0.05) is 32.1 Å². The fraction of sp³-hybridized carbons (Fsp3) is 0.700. The first-order valence-corrected chi connectivity index (χ1v) is 11.4. The number of fused-ring (bicyclic) bond motifs is 1. The standard InChI is InChI=1S/C20H29N3O3S/c1-27-12-19(24)23-9-15-6-17(22-20(25)14-4-5-21-8-14)18(7-16(15)10-23)26-11-13-2-3-13/h4-5,8,13,15-18,21H,2-3,6-7,9-12H2,1H3,(H,22,25)/t15-,16+,17-,18-/m0/s1. The molecule has 27 heavy (non-hydrogen) atoms. The average molecular weight is 392 g/mol. The number of likely N-dealkylation sites (tertiary alicyclic amines) is 1. The summed E-state index contributed by atoms with van der Waals surface area (Å²) in [4.78, 5) is 29.8. The number of carbonyl (C=O) groups excluding carboxylic acids is 2. The molecule has 1 aromatic rings. The van der Waals surface area contributed by atoms with Crippen LogP contribution in [-0.4, -0.2) is 65.5 Å². The minimum absolute atomic E-state index is 0.0167. The number of thioether (sulfide) groups is 1. The van der Waals surface area contributed by atoms with Crippen LogP contribution in [0.15, 0.2) is 18.5 Å². The lowest BCUT2D eigenvalue weighted by Gasteiger charge is -2.38. The van der Waals surface area contributed by atoms with E-state index in [2.05, 4.69) is 10.3 Å². The third kappa shape index (κ3) is 4.51. The number of rotatable bonds is 7. The number of hydrogen-bond acceptors (Lipinski definition) is 4. The van der Waals surface area contributed by atoms with Crippen molar-refractivity contribution in [2.24, 2.45) is 17.8 Å². The van der Waals surface area contributed by atoms with E-state index in [1.54, 1.807) is 30.2 Å². The van der Waals surface area contributed by atoms with Crippen LogP contribution >= 0.6 is 11.8 Å². The number of H-pyrrole nitrogens is 1. The molecular weight excluding hydrogens is 362 g/mol. The molecule has 4 rings (SSSR count). The predicted molar refractivity (Wildman–Crippen MR) is 106 cm³/mol. The van der Waals surface area contributed by atoms with E-state index >= 15 is 0 Å². The fourth-order valence-electron chi connectivity index (χ4n) is 4.43. The van der Waals surface area contributed by atoms with Gasteiger partial charge in [-0.1, -0.05) is 0 Å². The second-order valence-corrected chi connectivity index (χ2v) is 9.08. The quantitative estimate of drug-likeness (QED) is 0.747. The van der Waals surface area contributed by atoms with Crippen molar-refractivity contribution in [1.82, 2.24) is 15.2 Å². The second kappa shape index (κ2) is 8.27. The Labute approximate surface area is 164 Å². The average Bonchev–Trinajstić information content (AvgIpc) is 3.15. The van der Waals surface area contributed by atoms with E-state index in [1.807, 2.05) is 11.2 Å². The van der Waals surface area contributed by atoms with E-state index in [-0.39, 0.29) is 24.0 Å². The zero-order valence-corrected chi connectivity index (χ0v) is 16.7. The van der Waals surface area contributed by atoms with E-state index < -0.39 is 0 Å². The highest BCUT2D eigenvalue weighted by molar-refractivity contribution is 7.99. The van der Waals surface area contributed by atoms with Crippen molar-refractivity contribution in [3.63, 3.8) is 0 Å². The van der Waals surface area contributed by atoms with E-state index in [0.717, 1.165) is 32.5 Å². The first-order chi connectivity index (χ1) is 13.1. The van der Waals surface area contributed by atoms with Crippen LogP contribution in [0.3, 0.4) is 0 Å². The Hall–Kier alpha value is -1.47. The van der Waals surface area contributed by atoms with Crippen LogP contribution in [0, 0.1) is 17.8 Å². The number of ether oxygens (including phenoxy) is 1. The van der Waals surface area contributed by atoms with Crippen molar-refractivity contribution in [2.45, 2.75) is 37.8 Å². The highest BCUT2D eigenvalue weighted by Crippen LogP contribution is 2.39. The Balaban J connectivity index is 1.41. The summed E-state index contributed by atoms with van der Waals surface area (Å²) in [6.45, 7) is 2.45. The molecule has 0 bridgehead atoms. The maximum Gasteiger partial charge on any atom is 0.253 e. The monoisotopic (exact) mass is 391 g/mol. The summed E-state index contributed by atoms with van der Waals surface area (Å²) in [5.41, 5.74) is 0.654. The Morgan fingerprint density at radius 3 is 2.74 bits per heavy atom. The molecule has 2 N–H and O–H groups in total. The Morgan fingerprint density at radius 1 is 1.30 bits per heavy atom. The molecule has 2 aliphatic carbocycles. The summed E-state index contributed by atoms with van der Waals surface area (Å²) in [5, 5.41) is 3.21. The molecule has 1 aliphatic heterocycles. The van der Waals surface area contributed by atoms with Crippen LogP contribution < -0.4 is 5.32 Å². The minimum Gasteiger partial charge on any atom is -0.376 e. The molecule has 0 spiro atoms. The number of aromatic nitrogens is 1. The van der Waals surface area contributed by atoms with E-state index in [0.29, 0.717) is 29.1 Å². The third-order valence-electron chi connectivity index (χ3n) is 6.16. The topological polar surface area (TPSA) is 74.4 Å². The van der Waals surface area contributed by atoms with E-state index in [9.17, 15) is 9.59 Å². The van der Waals surface area contributed by atoms with Gasteiger partial charge in [-0.2, -0.15) is 11.8 Å². The van der Waals surface area contributed by atoms with Gasteiger partial charge in [-0.25, -0.2) is 0 Å². The Bertz CT molecular complexity index is 661. The summed E-state index contributed by atoms with van der Waals surface area (Å²) in [6.07, 6.45) is 9.84. The van der Waals surface area contributed by atoms with Gasteiger partial charge in [0.25, 0.3) is 5.91 Å². The summed E-state index contributed by atoms with van der Waals surface area (Å²) in [7, 11) is 0. The molecule has 3 aliphatic rings. The van der Waals surface area contributed by atoms with Crippen LogP contribution in [0.25, 0.3) is 0 Å². The third-order valence-corrected chi connectivity index (χ3v) is 6.69. The van der Waals surface area contributed by atoms with Crippen LogP contribution in [0.5, 0.6) is 0 Å². The van der Waals surface area contributed by atoms with Crippen LogP contribution in [0.4, 0.5) is 0 Å². The highest BCUT2D eigenvalue weighted by Gasteiger charge is 2.44. The lowest BCUT2D eigenvalue weighted by Crippen LogP contribution is -2.50. The maximum absolute atomic E-state index is 12.6. The minimum atomic E-state index is -0.0481. The SMILES string of the molecule is CSCC(=O)N1C[C@H]2C[C@H](OCC3CC3)[C@@H](NC(=O)c3cc[nH]c3)C[C@H]2C1. The number of aromatic amines is 1. The largest absolute Gasteiger partial charge is 0.376 e. The van der Waals surface area contributed by atoms with Crippen molar-refractivity contribution >= 4 is 23.6 Å². The van der Waals surface area contributed by atoms with Gasteiger partial charge in [-0.15, -0.1) is 0 Å². The van der Waals surface area contributed by atoms with Crippen molar-refractivity contribution in [2.75, 3.05) is 31.7 Å². The van der Waals surface area contributed by atoms with Crippen molar-refractivity contribution in [1.29, 1.82) is 0 Å². The van der Waals surface area contributed by atoms with Gasteiger partial charge in [0.2, 0.25) is 5.91 Å². The summed E-state index contributed by atoms with van der Waals surface area (Å²) < 4.78 is 6.26. The number of hydrogen-bond donors (Lipinski definition) is 2. The summed E-state index contributed by atoms with van der Waals surface area (Å²) in [6, 6.07) is 1.81. The number of carbonyl (C=O) groups is 2. The van der Waals surface area contributed by atoms with Crippen molar-refractivity contribution in [3.05, 3.63) is 24.0 Å². The molecule has 2 saturated carbocycles. The molecule has 4 atom stereocenters. The Kier molecular flexibility index (Phi) is 5.78. The molecule has 1 aromatic heterocycles. The highest BCUT2D eigenvalue weighted by atomic mass is 32.2. The predicted octanol–water partition coefficient (Wildman–Crippen LogP) is 2.14. The van der Waals surface area contributed by atoms with Gasteiger partial charge in [0.05, 0.1) is 23.5 Å². The van der Waals surface area contributed by atoms with Crippen LogP contribution in [0.1, 0.15) is 36.0 Å². The molecule has 0 aromatic carbocycles. The lowest BCUT2D eigenvalue weighted by atomic mass is 9.77. The molecule has 7 heteroatoms. The molecule has 0 radical (unpaired) electrons. The molecule has 1 saturated heterocycles. The van der Waals surface area contributed by atoms with Crippen LogP contribution in [0.2, 0.25) is 0 Å². The zero-order chi connectivity index (χ0) is 18.8. The molecule has 3 fully saturated rings. The first-order valence-electron chi connectivity index (χ1n) is 9.96. The van der Waals surface area contributed by atoms with Gasteiger partial charge in [-0.05, 0) is 55.8 Å². The molecule has 6 nitrogen and oxygen atoms in total. The smallest absolute Gasteiger partial charge is 0.253 e. The summed E-state index contributed by atoms with van der Waals surface area (Å²) in [5.74, 6) is 2.38. The second-order valence-electron chi connectivity index (χ2n) is 8.22. The fourth-order valence-corrected chi connectivity index (χ4v) is 4.86. The van der Waals surface area contributed by atoms with Crippen molar-refractivity contribution < 1.29 is 14.3 Å². The summed E-state index contributed by atoms with van der Waals surface area (Å²) >= 11 is 1.58. The first kappa shape index (κ1) is 18.9. The van der Waals surface area contributed by atoms with Crippen molar-refractivity contribution in [3.8, 4) is 0 Å². The zero-order valence-electron chi connectivity index (χ0n) is 15.9. The van der Waals surface area contributed by atoms with Crippen LogP contribution in [-0.2, 0) is 9.53 Å². The van der Waals surface area contributed by atoms with E-state index in [1.165, 1.54) is 12.8 Å². The Morgan fingerprint density at radius 2 is 2.07 bits per heavy atom.